The summed E-state index contributed by atoms with van der Waals surface area (Å²) < 4.78 is 0. The molecule has 0 aromatic carbocycles. The largest absolute Gasteiger partial charge is 0.310 e. The minimum Gasteiger partial charge on any atom is -0.310 e. The molecule has 3 unspecified atom stereocenters. The van der Waals surface area contributed by atoms with Crippen LogP contribution in [0.2, 0.25) is 0 Å². The quantitative estimate of drug-likeness (QED) is 0.744. The molecule has 0 amide bonds. The SMILES string of the molecule is CC(CN(C)C)NC1CCCCC1C. The number of nitrogens with one attached hydrogen (secondary N) is 1. The number of hydrogen-bond donors (Lipinski definition) is 1. The van der Waals surface area contributed by atoms with Crippen molar-refractivity contribution in [3.8, 4) is 0 Å². The van der Waals surface area contributed by atoms with E-state index in [1.807, 2.05) is 0 Å². The molecule has 1 fully saturated rings. The first-order chi connectivity index (χ1) is 6.59. The predicted molar refractivity (Wildman–Crippen MR) is 62.6 cm³/mol. The molecule has 3 atom stereocenters. The second-order valence-corrected chi connectivity index (χ2v) is 5.20. The molecule has 0 aliphatic heterocycles. The van der Waals surface area contributed by atoms with Gasteiger partial charge >= 0.3 is 0 Å². The number of likely N-dealkylation sites (N-methyl/N-ethyl adjacent to an activating group) is 1. The summed E-state index contributed by atoms with van der Waals surface area (Å²) in [6, 6.07) is 1.38. The van der Waals surface area contributed by atoms with E-state index in [0.29, 0.717) is 6.04 Å². The summed E-state index contributed by atoms with van der Waals surface area (Å²) in [6.45, 7) is 5.82. The molecule has 0 saturated heterocycles. The van der Waals surface area contributed by atoms with Crippen molar-refractivity contribution in [2.45, 2.75) is 51.6 Å². The van der Waals surface area contributed by atoms with Crippen molar-refractivity contribution in [1.82, 2.24) is 10.2 Å². The zero-order valence-electron chi connectivity index (χ0n) is 10.2. The van der Waals surface area contributed by atoms with Gasteiger partial charge in [0.05, 0.1) is 0 Å². The smallest absolute Gasteiger partial charge is 0.0169 e. The lowest BCUT2D eigenvalue weighted by atomic mass is 9.85. The van der Waals surface area contributed by atoms with Crippen LogP contribution >= 0.6 is 0 Å². The lowest BCUT2D eigenvalue weighted by Gasteiger charge is -2.33. The highest BCUT2D eigenvalue weighted by Crippen LogP contribution is 2.23. The van der Waals surface area contributed by atoms with Gasteiger partial charge in [0.2, 0.25) is 0 Å². The first-order valence-corrected chi connectivity index (χ1v) is 6.00. The van der Waals surface area contributed by atoms with Crippen LogP contribution in [-0.2, 0) is 0 Å². The van der Waals surface area contributed by atoms with Crippen molar-refractivity contribution in [1.29, 1.82) is 0 Å². The summed E-state index contributed by atoms with van der Waals surface area (Å²) in [4.78, 5) is 2.26. The molecular weight excluding hydrogens is 172 g/mol. The third-order valence-corrected chi connectivity index (χ3v) is 3.25. The Kier molecular flexibility index (Phi) is 4.90. The van der Waals surface area contributed by atoms with Gasteiger partial charge in [-0.1, -0.05) is 19.8 Å². The summed E-state index contributed by atoms with van der Waals surface area (Å²) in [6.07, 6.45) is 5.63. The normalized spacial score (nSPS) is 30.6. The van der Waals surface area contributed by atoms with Crippen molar-refractivity contribution in [3.63, 3.8) is 0 Å². The van der Waals surface area contributed by atoms with E-state index in [2.05, 4.69) is 38.2 Å². The molecule has 84 valence electrons. The molecule has 0 heterocycles. The number of rotatable bonds is 4. The minimum atomic E-state index is 0.621. The van der Waals surface area contributed by atoms with Crippen molar-refractivity contribution in [2.24, 2.45) is 5.92 Å². The average Bonchev–Trinajstić information content (AvgIpc) is 2.07. The van der Waals surface area contributed by atoms with Gasteiger partial charge in [-0.2, -0.15) is 0 Å². The van der Waals surface area contributed by atoms with E-state index in [-0.39, 0.29) is 0 Å². The van der Waals surface area contributed by atoms with E-state index >= 15 is 0 Å². The second kappa shape index (κ2) is 5.72. The van der Waals surface area contributed by atoms with E-state index < -0.39 is 0 Å². The first kappa shape index (κ1) is 12.0. The van der Waals surface area contributed by atoms with Gasteiger partial charge in [-0.15, -0.1) is 0 Å². The zero-order valence-corrected chi connectivity index (χ0v) is 10.2. The molecule has 14 heavy (non-hydrogen) atoms. The highest BCUT2D eigenvalue weighted by Gasteiger charge is 2.22. The van der Waals surface area contributed by atoms with Gasteiger partial charge in [0, 0.05) is 18.6 Å². The Balaban J connectivity index is 2.27. The lowest BCUT2D eigenvalue weighted by Crippen LogP contribution is -2.46. The van der Waals surface area contributed by atoms with Gasteiger partial charge in [0.15, 0.2) is 0 Å². The molecule has 2 nitrogen and oxygen atoms in total. The summed E-state index contributed by atoms with van der Waals surface area (Å²) in [5.41, 5.74) is 0. The van der Waals surface area contributed by atoms with Gasteiger partial charge in [0.25, 0.3) is 0 Å². The first-order valence-electron chi connectivity index (χ1n) is 6.00. The maximum absolute atomic E-state index is 3.76. The van der Waals surface area contributed by atoms with Crippen LogP contribution < -0.4 is 5.32 Å². The topological polar surface area (TPSA) is 15.3 Å². The zero-order chi connectivity index (χ0) is 10.6. The van der Waals surface area contributed by atoms with E-state index in [1.165, 1.54) is 25.7 Å². The van der Waals surface area contributed by atoms with Crippen LogP contribution in [0.3, 0.4) is 0 Å². The summed E-state index contributed by atoms with van der Waals surface area (Å²) >= 11 is 0. The monoisotopic (exact) mass is 198 g/mol. The molecule has 0 spiro atoms. The summed E-state index contributed by atoms with van der Waals surface area (Å²) in [7, 11) is 4.28. The van der Waals surface area contributed by atoms with Crippen molar-refractivity contribution in [2.75, 3.05) is 20.6 Å². The van der Waals surface area contributed by atoms with Crippen LogP contribution in [0, 0.1) is 5.92 Å². The molecule has 0 bridgehead atoms. The molecule has 0 aromatic heterocycles. The number of nitrogens with zero attached hydrogens (tertiary/aromatic N) is 1. The molecular formula is C12H26N2. The van der Waals surface area contributed by atoms with Crippen molar-refractivity contribution >= 4 is 0 Å². The third-order valence-electron chi connectivity index (χ3n) is 3.25. The predicted octanol–water partition coefficient (Wildman–Crippen LogP) is 2.10. The molecule has 1 saturated carbocycles. The Morgan fingerprint density at radius 3 is 2.50 bits per heavy atom. The molecule has 1 rings (SSSR count). The van der Waals surface area contributed by atoms with Gasteiger partial charge < -0.3 is 10.2 Å². The van der Waals surface area contributed by atoms with Gasteiger partial charge in [-0.3, -0.25) is 0 Å². The fourth-order valence-corrected chi connectivity index (χ4v) is 2.53. The Morgan fingerprint density at radius 2 is 1.93 bits per heavy atom. The summed E-state index contributed by atoms with van der Waals surface area (Å²) in [5.74, 6) is 0.869. The van der Waals surface area contributed by atoms with Gasteiger partial charge in [-0.05, 0) is 39.8 Å². The van der Waals surface area contributed by atoms with Crippen LogP contribution in [0.5, 0.6) is 0 Å². The Bertz CT molecular complexity index is 156. The standard InChI is InChI=1S/C12H26N2/c1-10-7-5-6-8-12(10)13-11(2)9-14(3)4/h10-13H,5-9H2,1-4H3. The third kappa shape index (κ3) is 3.97. The van der Waals surface area contributed by atoms with E-state index in [4.69, 9.17) is 0 Å². The van der Waals surface area contributed by atoms with E-state index in [1.54, 1.807) is 0 Å². The molecule has 0 radical (unpaired) electrons. The Labute approximate surface area is 89.1 Å². The van der Waals surface area contributed by atoms with Crippen LogP contribution in [0.15, 0.2) is 0 Å². The van der Waals surface area contributed by atoms with E-state index in [0.717, 1.165) is 18.5 Å². The maximum atomic E-state index is 3.76. The molecule has 1 aliphatic carbocycles. The fourth-order valence-electron chi connectivity index (χ4n) is 2.53. The second-order valence-electron chi connectivity index (χ2n) is 5.20. The van der Waals surface area contributed by atoms with Crippen molar-refractivity contribution < 1.29 is 0 Å². The van der Waals surface area contributed by atoms with Gasteiger partial charge in [0.1, 0.15) is 0 Å². The highest BCUT2D eigenvalue weighted by molar-refractivity contribution is 4.80. The van der Waals surface area contributed by atoms with Crippen LogP contribution in [-0.4, -0.2) is 37.6 Å². The molecule has 2 heteroatoms. The van der Waals surface area contributed by atoms with E-state index in [9.17, 15) is 0 Å². The molecule has 0 aromatic rings. The fraction of sp³-hybridized carbons (Fsp3) is 1.00. The Hall–Kier alpha value is -0.0800. The van der Waals surface area contributed by atoms with Crippen LogP contribution in [0.4, 0.5) is 0 Å². The minimum absolute atomic E-state index is 0.621. The molecule has 1 aliphatic rings. The summed E-state index contributed by atoms with van der Waals surface area (Å²) in [5, 5.41) is 3.76. The van der Waals surface area contributed by atoms with Crippen molar-refractivity contribution in [3.05, 3.63) is 0 Å². The Morgan fingerprint density at radius 1 is 1.29 bits per heavy atom. The van der Waals surface area contributed by atoms with Gasteiger partial charge in [-0.25, -0.2) is 0 Å². The highest BCUT2D eigenvalue weighted by atomic mass is 15.1. The molecule has 1 N–H and O–H groups in total. The maximum Gasteiger partial charge on any atom is 0.0169 e. The van der Waals surface area contributed by atoms with Crippen LogP contribution in [0.25, 0.3) is 0 Å². The lowest BCUT2D eigenvalue weighted by molar-refractivity contribution is 0.241. The van der Waals surface area contributed by atoms with Crippen LogP contribution in [0.1, 0.15) is 39.5 Å². The number of hydrogen-bond acceptors (Lipinski definition) is 2. The average molecular weight is 198 g/mol.